The quantitative estimate of drug-likeness (QED) is 0.540. The summed E-state index contributed by atoms with van der Waals surface area (Å²) in [7, 11) is 3.75. The van der Waals surface area contributed by atoms with E-state index in [4.69, 9.17) is 10.5 Å². The zero-order valence-electron chi connectivity index (χ0n) is 12.6. The smallest absolute Gasteiger partial charge is 0.239 e. The molecule has 1 aliphatic rings. The van der Waals surface area contributed by atoms with E-state index in [1.807, 2.05) is 7.05 Å². The second-order valence-corrected chi connectivity index (χ2v) is 5.62. The van der Waals surface area contributed by atoms with Crippen molar-refractivity contribution in [1.29, 1.82) is 0 Å². The number of methoxy groups -OCH3 is 1. The van der Waals surface area contributed by atoms with Gasteiger partial charge in [-0.25, -0.2) is 0 Å². The average Bonchev–Trinajstić information content (AvgIpc) is 3.19. The fraction of sp³-hybridized carbons (Fsp3) is 0.929. The number of nitrogens with zero attached hydrogens (tertiary/aromatic N) is 1. The molecule has 1 saturated carbocycles. The number of rotatable bonds is 11. The lowest BCUT2D eigenvalue weighted by Gasteiger charge is -2.36. The number of amides is 1. The molecule has 1 unspecified atom stereocenters. The molecule has 0 aromatic heterocycles. The number of likely N-dealkylation sites (N-methyl/N-ethyl adjacent to an activating group) is 1. The first-order valence-electron chi connectivity index (χ1n) is 7.29. The van der Waals surface area contributed by atoms with Crippen LogP contribution in [-0.4, -0.2) is 56.7 Å². The van der Waals surface area contributed by atoms with E-state index in [-0.39, 0.29) is 5.91 Å². The lowest BCUT2D eigenvalue weighted by Crippen LogP contribution is -2.63. The highest BCUT2D eigenvalue weighted by Gasteiger charge is 2.49. The van der Waals surface area contributed by atoms with E-state index in [2.05, 4.69) is 17.1 Å². The summed E-state index contributed by atoms with van der Waals surface area (Å²) in [5.41, 5.74) is 5.16. The number of carbonyl (C=O) groups is 1. The molecular weight excluding hydrogens is 242 g/mol. The van der Waals surface area contributed by atoms with Crippen molar-refractivity contribution >= 4 is 5.91 Å². The molecule has 0 heterocycles. The number of hydrogen-bond donors (Lipinski definition) is 2. The van der Waals surface area contributed by atoms with E-state index in [1.165, 1.54) is 0 Å². The summed E-state index contributed by atoms with van der Waals surface area (Å²) < 4.78 is 5.06. The van der Waals surface area contributed by atoms with Gasteiger partial charge in [-0.1, -0.05) is 6.92 Å². The minimum absolute atomic E-state index is 0.206. The molecule has 112 valence electrons. The van der Waals surface area contributed by atoms with Gasteiger partial charge < -0.3 is 20.7 Å². The highest BCUT2D eigenvalue weighted by molar-refractivity contribution is 5.86. The van der Waals surface area contributed by atoms with E-state index in [0.29, 0.717) is 12.5 Å². The van der Waals surface area contributed by atoms with Gasteiger partial charge in [0.15, 0.2) is 0 Å². The Labute approximate surface area is 116 Å². The zero-order valence-corrected chi connectivity index (χ0v) is 12.6. The minimum Gasteiger partial charge on any atom is -0.385 e. The molecule has 0 spiro atoms. The number of nitrogens with two attached hydrogens (primary N) is 1. The number of carbonyl (C=O) groups excluding carboxylic acids is 1. The predicted molar refractivity (Wildman–Crippen MR) is 76.9 cm³/mol. The summed E-state index contributed by atoms with van der Waals surface area (Å²) in [6.07, 6.45) is 4.19. The summed E-state index contributed by atoms with van der Waals surface area (Å²) in [4.78, 5) is 14.2. The summed E-state index contributed by atoms with van der Waals surface area (Å²) in [5.74, 6) is 0.198. The maximum absolute atomic E-state index is 12.0. The first-order chi connectivity index (χ1) is 9.06. The normalized spacial score (nSPS) is 18.5. The van der Waals surface area contributed by atoms with Crippen LogP contribution in [0.1, 0.15) is 32.6 Å². The van der Waals surface area contributed by atoms with Crippen LogP contribution < -0.4 is 11.1 Å². The van der Waals surface area contributed by atoms with Gasteiger partial charge in [0.2, 0.25) is 5.91 Å². The molecule has 0 radical (unpaired) electrons. The molecule has 1 amide bonds. The molecule has 0 aromatic rings. The lowest BCUT2D eigenvalue weighted by atomic mass is 9.91. The van der Waals surface area contributed by atoms with Crippen LogP contribution in [0.5, 0.6) is 0 Å². The Morgan fingerprint density at radius 3 is 2.68 bits per heavy atom. The largest absolute Gasteiger partial charge is 0.385 e. The van der Waals surface area contributed by atoms with Crippen molar-refractivity contribution < 1.29 is 9.53 Å². The first kappa shape index (κ1) is 16.4. The Hall–Kier alpha value is -0.650. The molecule has 1 aliphatic carbocycles. The number of primary amides is 1. The van der Waals surface area contributed by atoms with Crippen LogP contribution in [0.4, 0.5) is 0 Å². The van der Waals surface area contributed by atoms with Crippen LogP contribution in [0.2, 0.25) is 0 Å². The minimum atomic E-state index is -0.544. The van der Waals surface area contributed by atoms with Gasteiger partial charge in [-0.05, 0) is 45.2 Å². The fourth-order valence-electron chi connectivity index (χ4n) is 2.60. The molecule has 0 bridgehead atoms. The van der Waals surface area contributed by atoms with Crippen LogP contribution in [0.25, 0.3) is 0 Å². The first-order valence-corrected chi connectivity index (χ1v) is 7.29. The third-order valence-corrected chi connectivity index (χ3v) is 3.81. The van der Waals surface area contributed by atoms with Crippen molar-refractivity contribution in [1.82, 2.24) is 10.2 Å². The summed E-state index contributed by atoms with van der Waals surface area (Å²) in [6.45, 7) is 5.30. The SMILES string of the molecule is CCCNC(CN(C)CCCOC)(C(N)=O)C1CC1. The number of hydrogen-bond acceptors (Lipinski definition) is 4. The molecule has 1 atom stereocenters. The lowest BCUT2D eigenvalue weighted by molar-refractivity contribution is -0.126. The van der Waals surface area contributed by atoms with E-state index in [0.717, 1.165) is 45.4 Å². The molecule has 1 rings (SSSR count). The fourth-order valence-corrected chi connectivity index (χ4v) is 2.60. The van der Waals surface area contributed by atoms with Crippen LogP contribution in [0.15, 0.2) is 0 Å². The van der Waals surface area contributed by atoms with E-state index in [1.54, 1.807) is 7.11 Å². The van der Waals surface area contributed by atoms with Gasteiger partial charge in [-0.15, -0.1) is 0 Å². The van der Waals surface area contributed by atoms with Crippen molar-refractivity contribution in [3.63, 3.8) is 0 Å². The molecular formula is C14H29N3O2. The van der Waals surface area contributed by atoms with Crippen molar-refractivity contribution in [2.45, 2.75) is 38.1 Å². The van der Waals surface area contributed by atoms with Gasteiger partial charge >= 0.3 is 0 Å². The third-order valence-electron chi connectivity index (χ3n) is 3.81. The van der Waals surface area contributed by atoms with Gasteiger partial charge in [0.1, 0.15) is 5.54 Å². The second-order valence-electron chi connectivity index (χ2n) is 5.62. The van der Waals surface area contributed by atoms with E-state index >= 15 is 0 Å². The summed E-state index contributed by atoms with van der Waals surface area (Å²) in [5, 5.41) is 3.42. The molecule has 0 aromatic carbocycles. The van der Waals surface area contributed by atoms with Crippen LogP contribution in [0.3, 0.4) is 0 Å². The number of ether oxygens (including phenoxy) is 1. The Morgan fingerprint density at radius 2 is 2.21 bits per heavy atom. The molecule has 5 heteroatoms. The highest BCUT2D eigenvalue weighted by atomic mass is 16.5. The molecule has 5 nitrogen and oxygen atoms in total. The van der Waals surface area contributed by atoms with Crippen molar-refractivity contribution in [3.8, 4) is 0 Å². The Balaban J connectivity index is 2.59. The average molecular weight is 271 g/mol. The van der Waals surface area contributed by atoms with Gasteiger partial charge in [0.25, 0.3) is 0 Å². The van der Waals surface area contributed by atoms with Gasteiger partial charge in [-0.2, -0.15) is 0 Å². The standard InChI is InChI=1S/C14H29N3O2/c1-4-8-16-14(13(15)18,12-6-7-12)11-17(2)9-5-10-19-3/h12,16H,4-11H2,1-3H3,(H2,15,18). The Morgan fingerprint density at radius 1 is 1.53 bits per heavy atom. The maximum atomic E-state index is 12.0. The van der Waals surface area contributed by atoms with Crippen molar-refractivity contribution in [2.75, 3.05) is 40.4 Å². The topological polar surface area (TPSA) is 67.6 Å². The second kappa shape index (κ2) is 7.82. The monoisotopic (exact) mass is 271 g/mol. The van der Waals surface area contributed by atoms with E-state index in [9.17, 15) is 4.79 Å². The van der Waals surface area contributed by atoms with Crippen LogP contribution >= 0.6 is 0 Å². The van der Waals surface area contributed by atoms with E-state index < -0.39 is 5.54 Å². The van der Waals surface area contributed by atoms with Crippen molar-refractivity contribution in [2.24, 2.45) is 11.7 Å². The predicted octanol–water partition coefficient (Wildman–Crippen LogP) is 0.588. The molecule has 0 aliphatic heterocycles. The molecule has 3 N–H and O–H groups in total. The van der Waals surface area contributed by atoms with Crippen molar-refractivity contribution in [3.05, 3.63) is 0 Å². The molecule has 1 fully saturated rings. The summed E-state index contributed by atoms with van der Waals surface area (Å²) in [6, 6.07) is 0. The van der Waals surface area contributed by atoms with Crippen LogP contribution in [0, 0.1) is 5.92 Å². The van der Waals surface area contributed by atoms with Gasteiger partial charge in [-0.3, -0.25) is 4.79 Å². The Kier molecular flexibility index (Phi) is 6.75. The van der Waals surface area contributed by atoms with Crippen LogP contribution in [-0.2, 0) is 9.53 Å². The number of nitrogens with one attached hydrogen (secondary N) is 1. The van der Waals surface area contributed by atoms with Gasteiger partial charge in [0, 0.05) is 26.8 Å². The maximum Gasteiger partial charge on any atom is 0.239 e. The molecule has 19 heavy (non-hydrogen) atoms. The zero-order chi connectivity index (χ0) is 14.3. The van der Waals surface area contributed by atoms with Gasteiger partial charge in [0.05, 0.1) is 0 Å². The molecule has 0 saturated heterocycles. The summed E-state index contributed by atoms with van der Waals surface area (Å²) >= 11 is 0. The highest BCUT2D eigenvalue weighted by Crippen LogP contribution is 2.40. The Bertz CT molecular complexity index is 282. The third kappa shape index (κ3) is 4.75.